The standard InChI is InChI=1S/C21H36O3Si/c1-8-13-19(24-25(6,7)21(3,4)5)20(18(22)9-2)23-16-17-14-11-10-12-15-17/h9-12,14-15,18-20,22H,2,8,13,16H2,1,3-7H3/t18-,19+,20-/m0/s1. The molecule has 1 aromatic carbocycles. The van der Waals surface area contributed by atoms with E-state index in [4.69, 9.17) is 9.16 Å². The number of rotatable bonds is 10. The maximum atomic E-state index is 10.5. The molecule has 0 aliphatic carbocycles. The number of benzene rings is 1. The fraction of sp³-hybridized carbons (Fsp3) is 0.619. The molecule has 0 heterocycles. The van der Waals surface area contributed by atoms with Gasteiger partial charge in [-0.05, 0) is 30.1 Å². The van der Waals surface area contributed by atoms with Crippen LogP contribution < -0.4 is 0 Å². The number of hydrogen-bond acceptors (Lipinski definition) is 3. The Morgan fingerprint density at radius 2 is 1.80 bits per heavy atom. The Morgan fingerprint density at radius 1 is 1.20 bits per heavy atom. The summed E-state index contributed by atoms with van der Waals surface area (Å²) in [6.45, 7) is 17.5. The first kappa shape index (κ1) is 22.1. The van der Waals surface area contributed by atoms with E-state index in [0.29, 0.717) is 6.61 Å². The Labute approximate surface area is 155 Å². The quantitative estimate of drug-likeness (QED) is 0.452. The third kappa shape index (κ3) is 6.70. The van der Waals surface area contributed by atoms with Crippen LogP contribution in [0.5, 0.6) is 0 Å². The van der Waals surface area contributed by atoms with Crippen molar-refractivity contribution >= 4 is 8.32 Å². The van der Waals surface area contributed by atoms with Crippen LogP contribution in [0.2, 0.25) is 18.1 Å². The molecule has 0 radical (unpaired) electrons. The molecule has 1 rings (SSSR count). The molecule has 1 N–H and O–H groups in total. The fourth-order valence-corrected chi connectivity index (χ4v) is 3.82. The van der Waals surface area contributed by atoms with Crippen LogP contribution in [0.15, 0.2) is 43.0 Å². The van der Waals surface area contributed by atoms with Crippen LogP contribution in [-0.4, -0.2) is 31.7 Å². The molecule has 1 aromatic rings. The SMILES string of the molecule is C=C[C@H](O)[C@H](OCc1ccccc1)[C@@H](CCC)O[Si](C)(C)C(C)(C)C. The Kier molecular flexibility index (Phi) is 8.55. The van der Waals surface area contributed by atoms with Gasteiger partial charge in [-0.2, -0.15) is 0 Å². The summed E-state index contributed by atoms with van der Waals surface area (Å²) >= 11 is 0. The van der Waals surface area contributed by atoms with Crippen molar-refractivity contribution < 1.29 is 14.3 Å². The van der Waals surface area contributed by atoms with Crippen molar-refractivity contribution in [2.24, 2.45) is 0 Å². The van der Waals surface area contributed by atoms with Crippen molar-refractivity contribution in [3.63, 3.8) is 0 Å². The largest absolute Gasteiger partial charge is 0.411 e. The van der Waals surface area contributed by atoms with Gasteiger partial charge in [-0.25, -0.2) is 0 Å². The minimum atomic E-state index is -1.96. The lowest BCUT2D eigenvalue weighted by atomic mass is 10.0. The van der Waals surface area contributed by atoms with Gasteiger partial charge in [0.2, 0.25) is 0 Å². The molecular weight excluding hydrogens is 328 g/mol. The second-order valence-corrected chi connectivity index (χ2v) is 12.9. The summed E-state index contributed by atoms with van der Waals surface area (Å²) in [5.74, 6) is 0. The second-order valence-electron chi connectivity index (χ2n) is 8.19. The van der Waals surface area contributed by atoms with Crippen molar-refractivity contribution in [1.82, 2.24) is 0 Å². The molecule has 0 aliphatic heterocycles. The molecule has 0 aromatic heterocycles. The van der Waals surface area contributed by atoms with E-state index in [9.17, 15) is 5.11 Å². The maximum absolute atomic E-state index is 10.5. The number of aliphatic hydroxyl groups is 1. The van der Waals surface area contributed by atoms with Crippen molar-refractivity contribution in [2.45, 2.75) is 83.6 Å². The maximum Gasteiger partial charge on any atom is 0.192 e. The van der Waals surface area contributed by atoms with Gasteiger partial charge < -0.3 is 14.3 Å². The van der Waals surface area contributed by atoms with E-state index < -0.39 is 20.5 Å². The highest BCUT2D eigenvalue weighted by Gasteiger charge is 2.41. The molecule has 0 bridgehead atoms. The average molecular weight is 365 g/mol. The van der Waals surface area contributed by atoms with Crippen molar-refractivity contribution in [1.29, 1.82) is 0 Å². The Hall–Kier alpha value is -0.943. The molecule has 0 amide bonds. The molecule has 3 nitrogen and oxygen atoms in total. The first-order chi connectivity index (χ1) is 11.6. The van der Waals surface area contributed by atoms with E-state index in [1.54, 1.807) is 6.08 Å². The van der Waals surface area contributed by atoms with Crippen molar-refractivity contribution in [3.05, 3.63) is 48.6 Å². The van der Waals surface area contributed by atoms with Gasteiger partial charge in [0.15, 0.2) is 8.32 Å². The van der Waals surface area contributed by atoms with E-state index in [2.05, 4.69) is 47.4 Å². The zero-order valence-corrected chi connectivity index (χ0v) is 17.8. The van der Waals surface area contributed by atoms with Gasteiger partial charge in [-0.1, -0.05) is 70.5 Å². The van der Waals surface area contributed by atoms with Crippen LogP contribution in [0.4, 0.5) is 0 Å². The third-order valence-corrected chi connectivity index (χ3v) is 9.56. The van der Waals surface area contributed by atoms with Gasteiger partial charge in [0.1, 0.15) is 12.2 Å². The van der Waals surface area contributed by atoms with Crippen molar-refractivity contribution in [2.75, 3.05) is 0 Å². The fourth-order valence-electron chi connectivity index (χ4n) is 2.46. The van der Waals surface area contributed by atoms with E-state index in [1.807, 2.05) is 30.3 Å². The lowest BCUT2D eigenvalue weighted by molar-refractivity contribution is -0.0898. The van der Waals surface area contributed by atoms with Gasteiger partial charge in [-0.15, -0.1) is 6.58 Å². The van der Waals surface area contributed by atoms with Gasteiger partial charge in [0.25, 0.3) is 0 Å². The summed E-state index contributed by atoms with van der Waals surface area (Å²) in [6.07, 6.45) is 2.10. The van der Waals surface area contributed by atoms with Gasteiger partial charge >= 0.3 is 0 Å². The van der Waals surface area contributed by atoms with Crippen molar-refractivity contribution in [3.8, 4) is 0 Å². The highest BCUT2D eigenvalue weighted by molar-refractivity contribution is 6.74. The van der Waals surface area contributed by atoms with E-state index in [-0.39, 0.29) is 11.1 Å². The van der Waals surface area contributed by atoms with Crippen LogP contribution in [0.3, 0.4) is 0 Å². The van der Waals surface area contributed by atoms with Crippen LogP contribution in [0.1, 0.15) is 46.1 Å². The summed E-state index contributed by atoms with van der Waals surface area (Å²) < 4.78 is 12.8. The minimum Gasteiger partial charge on any atom is -0.411 e. The summed E-state index contributed by atoms with van der Waals surface area (Å²) in [6, 6.07) is 10.0. The van der Waals surface area contributed by atoms with Crippen LogP contribution in [0.25, 0.3) is 0 Å². The minimum absolute atomic E-state index is 0.113. The molecule has 0 spiro atoms. The lowest BCUT2D eigenvalue weighted by Gasteiger charge is -2.42. The highest BCUT2D eigenvalue weighted by atomic mass is 28.4. The first-order valence-corrected chi connectivity index (χ1v) is 12.2. The normalized spacial score (nSPS) is 16.3. The molecule has 4 heteroatoms. The predicted molar refractivity (Wildman–Crippen MR) is 108 cm³/mol. The lowest BCUT2D eigenvalue weighted by Crippen LogP contribution is -2.50. The molecule has 0 aliphatic rings. The summed E-state index contributed by atoms with van der Waals surface area (Å²) in [7, 11) is -1.96. The van der Waals surface area contributed by atoms with Crippen LogP contribution in [-0.2, 0) is 15.8 Å². The average Bonchev–Trinajstić information content (AvgIpc) is 2.54. The van der Waals surface area contributed by atoms with E-state index >= 15 is 0 Å². The van der Waals surface area contributed by atoms with Crippen LogP contribution >= 0.6 is 0 Å². The first-order valence-electron chi connectivity index (χ1n) is 9.26. The second kappa shape index (κ2) is 9.67. The third-order valence-electron chi connectivity index (χ3n) is 5.06. The topological polar surface area (TPSA) is 38.7 Å². The molecule has 25 heavy (non-hydrogen) atoms. The Bertz CT molecular complexity index is 508. The summed E-state index contributed by atoms with van der Waals surface area (Å²) in [5.41, 5.74) is 1.09. The van der Waals surface area contributed by atoms with Gasteiger partial charge in [0, 0.05) is 0 Å². The van der Waals surface area contributed by atoms with Gasteiger partial charge in [0.05, 0.1) is 12.7 Å². The van der Waals surface area contributed by atoms with E-state index in [1.165, 1.54) is 0 Å². The molecule has 0 saturated carbocycles. The summed E-state index contributed by atoms with van der Waals surface area (Å²) in [4.78, 5) is 0. The number of hydrogen-bond donors (Lipinski definition) is 1. The monoisotopic (exact) mass is 364 g/mol. The molecule has 142 valence electrons. The zero-order valence-electron chi connectivity index (χ0n) is 16.8. The molecule has 3 atom stereocenters. The molecular formula is C21H36O3Si. The smallest absolute Gasteiger partial charge is 0.192 e. The Balaban J connectivity index is 2.95. The zero-order chi connectivity index (χ0) is 19.1. The summed E-state index contributed by atoms with van der Waals surface area (Å²) in [5, 5.41) is 10.6. The van der Waals surface area contributed by atoms with Gasteiger partial charge in [-0.3, -0.25) is 0 Å². The number of aliphatic hydroxyl groups excluding tert-OH is 1. The molecule has 0 saturated heterocycles. The predicted octanol–water partition coefficient (Wildman–Crippen LogP) is 5.31. The number of ether oxygens (including phenoxy) is 1. The van der Waals surface area contributed by atoms with Crippen LogP contribution in [0, 0.1) is 0 Å². The highest BCUT2D eigenvalue weighted by Crippen LogP contribution is 2.38. The van der Waals surface area contributed by atoms with E-state index in [0.717, 1.165) is 18.4 Å². The molecule has 0 unspecified atom stereocenters. The Morgan fingerprint density at radius 3 is 2.28 bits per heavy atom. The molecule has 0 fully saturated rings.